The fourth-order valence-corrected chi connectivity index (χ4v) is 2.66. The van der Waals surface area contributed by atoms with Gasteiger partial charge in [0.15, 0.2) is 0 Å². The Labute approximate surface area is 126 Å². The minimum atomic E-state index is 0.729. The molecule has 112 valence electrons. The van der Waals surface area contributed by atoms with Crippen LogP contribution in [0.4, 0.5) is 0 Å². The van der Waals surface area contributed by atoms with Gasteiger partial charge in [-0.3, -0.25) is 0 Å². The van der Waals surface area contributed by atoms with E-state index in [1.165, 1.54) is 26.2 Å². The molecule has 0 amide bonds. The van der Waals surface area contributed by atoms with Crippen molar-refractivity contribution < 1.29 is 4.74 Å². The molecule has 0 unspecified atom stereocenters. The Morgan fingerprint density at radius 1 is 1.05 bits per heavy atom. The zero-order valence-electron chi connectivity index (χ0n) is 12.7. The number of ether oxygens (including phenoxy) is 1. The van der Waals surface area contributed by atoms with E-state index >= 15 is 0 Å². The molecule has 0 N–H and O–H groups in total. The van der Waals surface area contributed by atoms with Crippen molar-refractivity contribution >= 4 is 10.9 Å². The van der Waals surface area contributed by atoms with Crippen LogP contribution in [0.1, 0.15) is 6.42 Å². The van der Waals surface area contributed by atoms with Gasteiger partial charge in [0.1, 0.15) is 0 Å². The standard InChI is InChI=1S/C17H23N3O/c1-19-10-12-20(13-11-19)9-4-14-21-17-8-7-15-5-2-3-6-16(15)18-17/h2-3,5-8H,4,9-14H2,1H3. The average molecular weight is 285 g/mol. The van der Waals surface area contributed by atoms with E-state index in [9.17, 15) is 0 Å². The lowest BCUT2D eigenvalue weighted by atomic mass is 10.2. The maximum atomic E-state index is 5.78. The molecular formula is C17H23N3O. The van der Waals surface area contributed by atoms with E-state index in [2.05, 4.69) is 34.0 Å². The number of piperazine rings is 1. The van der Waals surface area contributed by atoms with Gasteiger partial charge in [0, 0.05) is 44.2 Å². The molecule has 0 atom stereocenters. The molecule has 0 saturated carbocycles. The third kappa shape index (κ3) is 3.93. The minimum absolute atomic E-state index is 0.729. The van der Waals surface area contributed by atoms with E-state index in [0.29, 0.717) is 0 Å². The maximum Gasteiger partial charge on any atom is 0.213 e. The fourth-order valence-electron chi connectivity index (χ4n) is 2.66. The predicted molar refractivity (Wildman–Crippen MR) is 85.8 cm³/mol. The number of likely N-dealkylation sites (N-methyl/N-ethyl adjacent to an activating group) is 1. The molecule has 1 aromatic heterocycles. The summed E-state index contributed by atoms with van der Waals surface area (Å²) in [6.45, 7) is 6.54. The molecule has 2 aromatic rings. The Kier molecular flexibility index (Phi) is 4.68. The number of benzene rings is 1. The second-order valence-corrected chi connectivity index (χ2v) is 5.69. The van der Waals surface area contributed by atoms with Crippen molar-refractivity contribution in [2.24, 2.45) is 0 Å². The molecule has 0 spiro atoms. The zero-order chi connectivity index (χ0) is 14.5. The highest BCUT2D eigenvalue weighted by Crippen LogP contribution is 2.16. The predicted octanol–water partition coefficient (Wildman–Crippen LogP) is 2.25. The topological polar surface area (TPSA) is 28.6 Å². The van der Waals surface area contributed by atoms with Crippen molar-refractivity contribution in [2.75, 3.05) is 46.4 Å². The number of hydrogen-bond donors (Lipinski definition) is 0. The first kappa shape index (κ1) is 14.3. The highest BCUT2D eigenvalue weighted by atomic mass is 16.5. The summed E-state index contributed by atoms with van der Waals surface area (Å²) in [6.07, 6.45) is 1.05. The largest absolute Gasteiger partial charge is 0.478 e. The molecule has 4 nitrogen and oxygen atoms in total. The summed E-state index contributed by atoms with van der Waals surface area (Å²) in [5.41, 5.74) is 0.995. The first-order chi connectivity index (χ1) is 10.3. The second-order valence-electron chi connectivity index (χ2n) is 5.69. The molecule has 4 heteroatoms. The van der Waals surface area contributed by atoms with Gasteiger partial charge in [0.2, 0.25) is 5.88 Å². The quantitative estimate of drug-likeness (QED) is 0.788. The van der Waals surface area contributed by atoms with Gasteiger partial charge in [-0.2, -0.15) is 0 Å². The molecule has 21 heavy (non-hydrogen) atoms. The second kappa shape index (κ2) is 6.87. The van der Waals surface area contributed by atoms with Crippen LogP contribution in [0.3, 0.4) is 0 Å². The smallest absolute Gasteiger partial charge is 0.213 e. The number of aromatic nitrogens is 1. The summed E-state index contributed by atoms with van der Waals surface area (Å²) in [7, 11) is 2.19. The zero-order valence-corrected chi connectivity index (χ0v) is 12.7. The van der Waals surface area contributed by atoms with Gasteiger partial charge in [0.25, 0.3) is 0 Å². The first-order valence-electron chi connectivity index (χ1n) is 7.71. The Morgan fingerprint density at radius 2 is 1.86 bits per heavy atom. The summed E-state index contributed by atoms with van der Waals surface area (Å²) in [5, 5.41) is 1.15. The Balaban J connectivity index is 1.44. The molecule has 1 aromatic carbocycles. The summed E-state index contributed by atoms with van der Waals surface area (Å²) in [5.74, 6) is 0.729. The first-order valence-corrected chi connectivity index (χ1v) is 7.71. The van der Waals surface area contributed by atoms with Gasteiger partial charge in [-0.1, -0.05) is 18.2 Å². The van der Waals surface area contributed by atoms with Crippen LogP contribution in [0.5, 0.6) is 5.88 Å². The molecule has 1 fully saturated rings. The van der Waals surface area contributed by atoms with E-state index < -0.39 is 0 Å². The van der Waals surface area contributed by atoms with Crippen LogP contribution >= 0.6 is 0 Å². The van der Waals surface area contributed by atoms with Crippen LogP contribution in [0.25, 0.3) is 10.9 Å². The van der Waals surface area contributed by atoms with Crippen LogP contribution in [0.15, 0.2) is 36.4 Å². The van der Waals surface area contributed by atoms with Crippen LogP contribution in [-0.2, 0) is 0 Å². The average Bonchev–Trinajstić information content (AvgIpc) is 2.53. The highest BCUT2D eigenvalue weighted by molar-refractivity contribution is 5.78. The fraction of sp³-hybridized carbons (Fsp3) is 0.471. The van der Waals surface area contributed by atoms with Gasteiger partial charge in [0.05, 0.1) is 12.1 Å². The molecule has 2 heterocycles. The van der Waals surface area contributed by atoms with Crippen LogP contribution < -0.4 is 4.74 Å². The molecular weight excluding hydrogens is 262 g/mol. The number of para-hydroxylation sites is 1. The van der Waals surface area contributed by atoms with Gasteiger partial charge in [-0.05, 0) is 25.6 Å². The molecule has 1 saturated heterocycles. The van der Waals surface area contributed by atoms with E-state index in [1.54, 1.807) is 0 Å². The van der Waals surface area contributed by atoms with E-state index in [0.717, 1.165) is 36.4 Å². The third-order valence-electron chi connectivity index (χ3n) is 4.04. The number of nitrogens with zero attached hydrogens (tertiary/aromatic N) is 3. The molecule has 0 bridgehead atoms. The normalized spacial score (nSPS) is 17.2. The number of rotatable bonds is 5. The van der Waals surface area contributed by atoms with Crippen molar-refractivity contribution in [1.82, 2.24) is 14.8 Å². The van der Waals surface area contributed by atoms with Crippen LogP contribution in [-0.4, -0.2) is 61.2 Å². The summed E-state index contributed by atoms with van der Waals surface area (Å²) >= 11 is 0. The van der Waals surface area contributed by atoms with E-state index in [-0.39, 0.29) is 0 Å². The third-order valence-corrected chi connectivity index (χ3v) is 4.04. The SMILES string of the molecule is CN1CCN(CCCOc2ccc3ccccc3n2)CC1. The summed E-state index contributed by atoms with van der Waals surface area (Å²) < 4.78 is 5.78. The Hall–Kier alpha value is -1.65. The molecule has 3 rings (SSSR count). The van der Waals surface area contributed by atoms with Crippen molar-refractivity contribution in [3.8, 4) is 5.88 Å². The number of pyridine rings is 1. The van der Waals surface area contributed by atoms with E-state index in [1.807, 2.05) is 24.3 Å². The van der Waals surface area contributed by atoms with Crippen molar-refractivity contribution in [2.45, 2.75) is 6.42 Å². The van der Waals surface area contributed by atoms with Crippen LogP contribution in [0, 0.1) is 0 Å². The van der Waals surface area contributed by atoms with Gasteiger partial charge in [-0.25, -0.2) is 4.98 Å². The Morgan fingerprint density at radius 3 is 2.71 bits per heavy atom. The minimum Gasteiger partial charge on any atom is -0.478 e. The molecule has 0 aliphatic carbocycles. The van der Waals surface area contributed by atoms with E-state index in [4.69, 9.17) is 4.74 Å². The Bertz CT molecular complexity index is 579. The van der Waals surface area contributed by atoms with Gasteiger partial charge >= 0.3 is 0 Å². The lowest BCUT2D eigenvalue weighted by molar-refractivity contribution is 0.145. The maximum absolute atomic E-state index is 5.78. The molecule has 1 aliphatic rings. The van der Waals surface area contributed by atoms with Gasteiger partial charge < -0.3 is 14.5 Å². The van der Waals surface area contributed by atoms with Crippen molar-refractivity contribution in [3.05, 3.63) is 36.4 Å². The molecule has 1 aliphatic heterocycles. The van der Waals surface area contributed by atoms with Gasteiger partial charge in [-0.15, -0.1) is 0 Å². The lowest BCUT2D eigenvalue weighted by Crippen LogP contribution is -2.44. The number of hydrogen-bond acceptors (Lipinski definition) is 4. The monoisotopic (exact) mass is 285 g/mol. The van der Waals surface area contributed by atoms with Crippen molar-refractivity contribution in [3.63, 3.8) is 0 Å². The molecule has 0 radical (unpaired) electrons. The van der Waals surface area contributed by atoms with Crippen LogP contribution in [0.2, 0.25) is 0 Å². The summed E-state index contributed by atoms with van der Waals surface area (Å²) in [4.78, 5) is 9.42. The number of fused-ring (bicyclic) bond motifs is 1. The lowest BCUT2D eigenvalue weighted by Gasteiger charge is -2.32. The van der Waals surface area contributed by atoms with Crippen molar-refractivity contribution in [1.29, 1.82) is 0 Å². The highest BCUT2D eigenvalue weighted by Gasteiger charge is 2.12. The summed E-state index contributed by atoms with van der Waals surface area (Å²) in [6, 6.07) is 12.1.